The van der Waals surface area contributed by atoms with E-state index < -0.39 is 11.4 Å². The zero-order chi connectivity index (χ0) is 26.9. The number of carboxylic acid groups (broad SMARTS) is 1. The molecular formula is C36H39NO2. The first-order valence-electron chi connectivity index (χ1n) is 14.3. The highest BCUT2D eigenvalue weighted by Crippen LogP contribution is 2.41. The molecule has 0 unspecified atom stereocenters. The fourth-order valence-electron chi connectivity index (χ4n) is 6.30. The molecule has 1 aliphatic heterocycles. The topological polar surface area (TPSA) is 40.5 Å². The van der Waals surface area contributed by atoms with Crippen LogP contribution in [0.25, 0.3) is 0 Å². The van der Waals surface area contributed by atoms with E-state index in [2.05, 4.69) is 114 Å². The minimum Gasteiger partial charge on any atom is -0.481 e. The molecular weight excluding hydrogens is 478 g/mol. The predicted molar refractivity (Wildman–Crippen MR) is 159 cm³/mol. The van der Waals surface area contributed by atoms with Crippen molar-refractivity contribution in [3.8, 4) is 0 Å². The van der Waals surface area contributed by atoms with Crippen LogP contribution >= 0.6 is 0 Å². The molecule has 39 heavy (non-hydrogen) atoms. The van der Waals surface area contributed by atoms with Gasteiger partial charge in [-0.2, -0.15) is 0 Å². The number of carbonyl (C=O) groups is 1. The van der Waals surface area contributed by atoms with Gasteiger partial charge in [0.2, 0.25) is 0 Å². The van der Waals surface area contributed by atoms with Gasteiger partial charge in [-0.05, 0) is 74.0 Å². The van der Waals surface area contributed by atoms with E-state index in [9.17, 15) is 9.90 Å². The number of likely N-dealkylation sites (tertiary alicyclic amines) is 1. The number of carboxylic acids is 1. The highest BCUT2D eigenvalue weighted by atomic mass is 16.4. The molecule has 0 saturated carbocycles. The van der Waals surface area contributed by atoms with Gasteiger partial charge in [0.15, 0.2) is 0 Å². The first kappa shape index (κ1) is 26.9. The molecule has 3 heteroatoms. The first-order valence-corrected chi connectivity index (χ1v) is 14.3. The molecule has 0 aliphatic carbocycles. The van der Waals surface area contributed by atoms with Crippen molar-refractivity contribution in [1.29, 1.82) is 0 Å². The Balaban J connectivity index is 1.24. The molecule has 0 aromatic heterocycles. The van der Waals surface area contributed by atoms with E-state index in [-0.39, 0.29) is 5.92 Å². The SMILES string of the molecule is O=C(O)C1(CCC(c2ccccc2)c2ccccc2)CCN(CCC(c2ccccc2)c2ccccc2)CC1. The summed E-state index contributed by atoms with van der Waals surface area (Å²) >= 11 is 0. The monoisotopic (exact) mass is 517 g/mol. The quantitative estimate of drug-likeness (QED) is 0.219. The zero-order valence-corrected chi connectivity index (χ0v) is 22.7. The van der Waals surface area contributed by atoms with Gasteiger partial charge >= 0.3 is 5.97 Å². The molecule has 0 spiro atoms. The Morgan fingerprint density at radius 1 is 0.615 bits per heavy atom. The zero-order valence-electron chi connectivity index (χ0n) is 22.7. The van der Waals surface area contributed by atoms with Crippen LogP contribution in [0.15, 0.2) is 121 Å². The van der Waals surface area contributed by atoms with E-state index in [1.807, 2.05) is 12.1 Å². The van der Waals surface area contributed by atoms with Crippen molar-refractivity contribution in [1.82, 2.24) is 4.90 Å². The molecule has 0 amide bonds. The maximum atomic E-state index is 12.7. The predicted octanol–water partition coefficient (Wildman–Crippen LogP) is 7.99. The Labute approximate surface area is 233 Å². The number of hydrogen-bond acceptors (Lipinski definition) is 2. The van der Waals surface area contributed by atoms with Gasteiger partial charge in [0, 0.05) is 11.8 Å². The van der Waals surface area contributed by atoms with Crippen LogP contribution in [-0.4, -0.2) is 35.6 Å². The highest BCUT2D eigenvalue weighted by Gasteiger charge is 2.41. The van der Waals surface area contributed by atoms with Crippen LogP contribution < -0.4 is 0 Å². The summed E-state index contributed by atoms with van der Waals surface area (Å²) in [5.74, 6) is -0.0799. The molecule has 0 atom stereocenters. The highest BCUT2D eigenvalue weighted by molar-refractivity contribution is 5.74. The van der Waals surface area contributed by atoms with Crippen LogP contribution in [0.1, 0.15) is 66.2 Å². The number of benzene rings is 4. The van der Waals surface area contributed by atoms with Gasteiger partial charge in [-0.25, -0.2) is 0 Å². The lowest BCUT2D eigenvalue weighted by molar-refractivity contribution is -0.152. The fourth-order valence-corrected chi connectivity index (χ4v) is 6.30. The van der Waals surface area contributed by atoms with E-state index in [0.29, 0.717) is 25.2 Å². The van der Waals surface area contributed by atoms with Crippen molar-refractivity contribution in [3.63, 3.8) is 0 Å². The van der Waals surface area contributed by atoms with Crippen LogP contribution in [-0.2, 0) is 4.79 Å². The normalized spacial score (nSPS) is 15.4. The third-order valence-corrected chi connectivity index (χ3v) is 8.72. The van der Waals surface area contributed by atoms with Gasteiger partial charge < -0.3 is 10.0 Å². The van der Waals surface area contributed by atoms with Gasteiger partial charge in [-0.15, -0.1) is 0 Å². The third-order valence-electron chi connectivity index (χ3n) is 8.72. The minimum atomic E-state index is -0.656. The molecule has 0 radical (unpaired) electrons. The summed E-state index contributed by atoms with van der Waals surface area (Å²) in [5, 5.41) is 10.4. The van der Waals surface area contributed by atoms with E-state index in [0.717, 1.165) is 32.5 Å². The molecule has 3 nitrogen and oxygen atoms in total. The lowest BCUT2D eigenvalue weighted by Gasteiger charge is -2.40. The Morgan fingerprint density at radius 3 is 1.33 bits per heavy atom. The Hall–Kier alpha value is -3.69. The summed E-state index contributed by atoms with van der Waals surface area (Å²) in [7, 11) is 0. The molecule has 1 heterocycles. The van der Waals surface area contributed by atoms with Gasteiger partial charge in [-0.1, -0.05) is 121 Å². The number of rotatable bonds is 11. The molecule has 1 aliphatic rings. The van der Waals surface area contributed by atoms with Crippen molar-refractivity contribution in [3.05, 3.63) is 144 Å². The molecule has 1 fully saturated rings. The Kier molecular flexibility index (Phi) is 8.90. The average molecular weight is 518 g/mol. The maximum Gasteiger partial charge on any atom is 0.309 e. The molecule has 5 rings (SSSR count). The smallest absolute Gasteiger partial charge is 0.309 e. The maximum absolute atomic E-state index is 12.7. The molecule has 4 aromatic carbocycles. The van der Waals surface area contributed by atoms with Gasteiger partial charge in [-0.3, -0.25) is 4.79 Å². The molecule has 200 valence electrons. The number of piperidine rings is 1. The Bertz CT molecular complexity index is 1200. The van der Waals surface area contributed by atoms with E-state index >= 15 is 0 Å². The molecule has 1 saturated heterocycles. The summed E-state index contributed by atoms with van der Waals surface area (Å²) in [5.41, 5.74) is 4.54. The lowest BCUT2D eigenvalue weighted by atomic mass is 9.72. The van der Waals surface area contributed by atoms with Crippen LogP contribution in [0.3, 0.4) is 0 Å². The van der Waals surface area contributed by atoms with Crippen molar-refractivity contribution in [2.75, 3.05) is 19.6 Å². The number of nitrogens with zero attached hydrogens (tertiary/aromatic N) is 1. The van der Waals surface area contributed by atoms with Crippen molar-refractivity contribution < 1.29 is 9.90 Å². The van der Waals surface area contributed by atoms with E-state index in [4.69, 9.17) is 0 Å². The van der Waals surface area contributed by atoms with Crippen LogP contribution in [0.2, 0.25) is 0 Å². The Morgan fingerprint density at radius 2 is 0.974 bits per heavy atom. The number of hydrogen-bond donors (Lipinski definition) is 1. The van der Waals surface area contributed by atoms with E-state index in [1.165, 1.54) is 22.3 Å². The van der Waals surface area contributed by atoms with Gasteiger partial charge in [0.05, 0.1) is 5.41 Å². The number of aliphatic carboxylic acids is 1. The second kappa shape index (κ2) is 12.9. The standard InChI is InChI=1S/C36H39NO2/c38-35(39)36(23-21-33(29-13-5-1-6-14-29)30-15-7-2-8-16-30)24-27-37(28-25-36)26-22-34(31-17-9-3-10-18-31)32-19-11-4-12-20-32/h1-20,33-34H,21-28H2,(H,38,39). The summed E-state index contributed by atoms with van der Waals surface area (Å²) in [6, 6.07) is 42.6. The van der Waals surface area contributed by atoms with Gasteiger partial charge in [0.25, 0.3) is 0 Å². The second-order valence-electron chi connectivity index (χ2n) is 11.0. The summed E-state index contributed by atoms with van der Waals surface area (Å²) in [6.45, 7) is 2.65. The van der Waals surface area contributed by atoms with Crippen molar-refractivity contribution in [2.45, 2.75) is 43.9 Å². The fraction of sp³-hybridized carbons (Fsp3) is 0.306. The summed E-state index contributed by atoms with van der Waals surface area (Å²) in [4.78, 5) is 15.2. The summed E-state index contributed by atoms with van der Waals surface area (Å²) in [6.07, 6.45) is 3.98. The van der Waals surface area contributed by atoms with Crippen LogP contribution in [0.5, 0.6) is 0 Å². The first-order chi connectivity index (χ1) is 19.1. The average Bonchev–Trinajstić information content (AvgIpc) is 3.00. The van der Waals surface area contributed by atoms with Crippen LogP contribution in [0.4, 0.5) is 0 Å². The molecule has 0 bridgehead atoms. The summed E-state index contributed by atoms with van der Waals surface area (Å²) < 4.78 is 0. The largest absolute Gasteiger partial charge is 0.481 e. The third kappa shape index (κ3) is 6.66. The minimum absolute atomic E-state index is 0.208. The van der Waals surface area contributed by atoms with Crippen LogP contribution in [0, 0.1) is 5.41 Å². The second-order valence-corrected chi connectivity index (χ2v) is 11.0. The van der Waals surface area contributed by atoms with Crippen molar-refractivity contribution in [2.24, 2.45) is 5.41 Å². The molecule has 1 N–H and O–H groups in total. The lowest BCUT2D eigenvalue weighted by Crippen LogP contribution is -2.45. The van der Waals surface area contributed by atoms with Gasteiger partial charge in [0.1, 0.15) is 0 Å². The van der Waals surface area contributed by atoms with Crippen molar-refractivity contribution >= 4 is 5.97 Å². The molecule has 4 aromatic rings. The van der Waals surface area contributed by atoms with E-state index in [1.54, 1.807) is 0 Å².